The number of anilines is 1. The molecule has 0 radical (unpaired) electrons. The van der Waals surface area contributed by atoms with Crippen LogP contribution in [0.15, 0.2) is 54.9 Å². The van der Waals surface area contributed by atoms with Gasteiger partial charge in [-0.25, -0.2) is 4.79 Å². The van der Waals surface area contributed by atoms with Crippen molar-refractivity contribution in [3.8, 4) is 0 Å². The predicted octanol–water partition coefficient (Wildman–Crippen LogP) is 3.13. The highest BCUT2D eigenvalue weighted by molar-refractivity contribution is 5.97. The predicted molar refractivity (Wildman–Crippen MR) is 104 cm³/mol. The Hall–Kier alpha value is -3.43. The topological polar surface area (TPSA) is 90.8 Å². The number of carboxylic acid groups (broad SMARTS) is 1. The van der Waals surface area contributed by atoms with Crippen LogP contribution in [-0.4, -0.2) is 57.6 Å². The first kappa shape index (κ1) is 22.3. The summed E-state index contributed by atoms with van der Waals surface area (Å²) >= 11 is 0. The van der Waals surface area contributed by atoms with Gasteiger partial charge < -0.3 is 14.9 Å². The summed E-state index contributed by atoms with van der Waals surface area (Å²) in [5.41, 5.74) is 1.59. The van der Waals surface area contributed by atoms with Crippen molar-refractivity contribution in [3.63, 3.8) is 0 Å². The minimum atomic E-state index is -5.08. The van der Waals surface area contributed by atoms with Crippen LogP contribution in [-0.2, 0) is 9.59 Å². The fourth-order valence-corrected chi connectivity index (χ4v) is 3.90. The molecule has 7 nitrogen and oxygen atoms in total. The molecule has 2 amide bonds. The Morgan fingerprint density at radius 3 is 2.19 bits per heavy atom. The maximum absolute atomic E-state index is 12.8. The van der Waals surface area contributed by atoms with E-state index >= 15 is 0 Å². The number of hydrogen-bond donors (Lipinski definition) is 1. The first-order valence-electron chi connectivity index (χ1n) is 9.58. The Balaban J connectivity index is 0.000000339. The van der Waals surface area contributed by atoms with Crippen molar-refractivity contribution in [2.75, 3.05) is 11.4 Å². The molecule has 3 heterocycles. The number of fused-ring (bicyclic) bond motifs is 1. The van der Waals surface area contributed by atoms with Gasteiger partial charge >= 0.3 is 12.1 Å². The van der Waals surface area contributed by atoms with Crippen LogP contribution in [0.1, 0.15) is 29.6 Å². The average molecular weight is 435 g/mol. The smallest absolute Gasteiger partial charge is 0.475 e. The molecule has 1 aromatic heterocycles. The van der Waals surface area contributed by atoms with E-state index in [1.165, 1.54) is 0 Å². The molecule has 2 aromatic rings. The summed E-state index contributed by atoms with van der Waals surface area (Å²) in [5, 5.41) is 7.12. The van der Waals surface area contributed by atoms with Gasteiger partial charge in [-0.1, -0.05) is 18.2 Å². The number of piperidine rings is 1. The normalized spacial score (nSPS) is 20.5. The van der Waals surface area contributed by atoms with E-state index in [1.54, 1.807) is 24.5 Å². The fourth-order valence-electron chi connectivity index (χ4n) is 3.90. The summed E-state index contributed by atoms with van der Waals surface area (Å²) in [7, 11) is 0. The molecule has 0 unspecified atom stereocenters. The lowest BCUT2D eigenvalue weighted by molar-refractivity contribution is -0.192. The number of benzene rings is 1. The molecule has 1 aromatic carbocycles. The van der Waals surface area contributed by atoms with Crippen LogP contribution in [0, 0.1) is 0 Å². The molecule has 4 rings (SSSR count). The molecule has 10 heteroatoms. The van der Waals surface area contributed by atoms with Crippen molar-refractivity contribution >= 4 is 23.5 Å². The van der Waals surface area contributed by atoms with E-state index in [0.717, 1.165) is 18.5 Å². The fraction of sp³-hybridized carbons (Fsp3) is 0.333. The molecule has 31 heavy (non-hydrogen) atoms. The summed E-state index contributed by atoms with van der Waals surface area (Å²) in [6.45, 7) is 0.688. The number of rotatable bonds is 2. The number of carbonyl (C=O) groups excluding carboxylic acids is 2. The van der Waals surface area contributed by atoms with Crippen molar-refractivity contribution in [2.45, 2.75) is 37.5 Å². The van der Waals surface area contributed by atoms with Crippen LogP contribution < -0.4 is 4.90 Å². The molecule has 2 fully saturated rings. The summed E-state index contributed by atoms with van der Waals surface area (Å²) in [6.07, 6.45) is 0.241. The van der Waals surface area contributed by atoms with Crippen LogP contribution in [0.5, 0.6) is 0 Å². The van der Waals surface area contributed by atoms with Gasteiger partial charge in [-0.15, -0.1) is 0 Å². The average Bonchev–Trinajstić information content (AvgIpc) is 3.18. The zero-order valence-electron chi connectivity index (χ0n) is 16.3. The second kappa shape index (κ2) is 9.15. The number of amides is 2. The van der Waals surface area contributed by atoms with Crippen LogP contribution >= 0.6 is 0 Å². The maximum atomic E-state index is 12.8. The molecule has 0 saturated carbocycles. The monoisotopic (exact) mass is 435 g/mol. The lowest BCUT2D eigenvalue weighted by Gasteiger charge is -2.39. The number of nitrogens with zero attached hydrogens (tertiary/aromatic N) is 3. The largest absolute Gasteiger partial charge is 0.490 e. The minimum absolute atomic E-state index is 0.0345. The van der Waals surface area contributed by atoms with Gasteiger partial charge in [0, 0.05) is 36.6 Å². The van der Waals surface area contributed by atoms with Gasteiger partial charge in [0.05, 0.1) is 12.1 Å². The van der Waals surface area contributed by atoms with Crippen molar-refractivity contribution < 1.29 is 32.7 Å². The minimum Gasteiger partial charge on any atom is -0.475 e. The Morgan fingerprint density at radius 1 is 1.00 bits per heavy atom. The van der Waals surface area contributed by atoms with Crippen molar-refractivity contribution in [3.05, 3.63) is 60.4 Å². The van der Waals surface area contributed by atoms with Crippen LogP contribution in [0.4, 0.5) is 18.9 Å². The van der Waals surface area contributed by atoms with Gasteiger partial charge in [0.2, 0.25) is 5.91 Å². The summed E-state index contributed by atoms with van der Waals surface area (Å²) in [5.74, 6) is -2.57. The Kier molecular flexibility index (Phi) is 6.57. The molecule has 164 valence electrons. The number of carbonyl (C=O) groups is 3. The van der Waals surface area contributed by atoms with E-state index in [1.807, 2.05) is 40.1 Å². The highest BCUT2D eigenvalue weighted by atomic mass is 19.4. The first-order valence-corrected chi connectivity index (χ1v) is 9.58. The zero-order chi connectivity index (χ0) is 22.6. The van der Waals surface area contributed by atoms with Gasteiger partial charge in [0.15, 0.2) is 0 Å². The molecular formula is C21H20F3N3O4. The first-order chi connectivity index (χ1) is 14.7. The number of para-hydroxylation sites is 1. The third-order valence-electron chi connectivity index (χ3n) is 5.23. The van der Waals surface area contributed by atoms with Crippen LogP contribution in [0.2, 0.25) is 0 Å². The Bertz CT molecular complexity index is 938. The third kappa shape index (κ3) is 5.01. The second-order valence-corrected chi connectivity index (χ2v) is 7.10. The molecule has 2 aliphatic rings. The number of carboxylic acids is 1. The third-order valence-corrected chi connectivity index (χ3v) is 5.23. The molecule has 0 aliphatic carbocycles. The quantitative estimate of drug-likeness (QED) is 0.783. The van der Waals surface area contributed by atoms with Crippen LogP contribution in [0.3, 0.4) is 0 Å². The summed E-state index contributed by atoms with van der Waals surface area (Å²) in [6, 6.07) is 13.4. The number of hydrogen-bond acceptors (Lipinski definition) is 4. The van der Waals surface area contributed by atoms with E-state index in [4.69, 9.17) is 9.90 Å². The van der Waals surface area contributed by atoms with Crippen molar-refractivity contribution in [2.24, 2.45) is 0 Å². The van der Waals surface area contributed by atoms with E-state index < -0.39 is 12.1 Å². The zero-order valence-corrected chi connectivity index (χ0v) is 16.3. The number of pyridine rings is 1. The van der Waals surface area contributed by atoms with Gasteiger partial charge in [0.1, 0.15) is 0 Å². The molecule has 0 spiro atoms. The lowest BCUT2D eigenvalue weighted by Crippen LogP contribution is -2.53. The summed E-state index contributed by atoms with van der Waals surface area (Å²) < 4.78 is 31.7. The maximum Gasteiger partial charge on any atom is 0.490 e. The van der Waals surface area contributed by atoms with Gasteiger partial charge in [-0.2, -0.15) is 13.2 Å². The highest BCUT2D eigenvalue weighted by Crippen LogP contribution is 2.35. The highest BCUT2D eigenvalue weighted by Gasteiger charge is 2.45. The summed E-state index contributed by atoms with van der Waals surface area (Å²) in [4.78, 5) is 42.0. The number of alkyl halides is 3. The van der Waals surface area contributed by atoms with E-state index in [9.17, 15) is 22.8 Å². The molecule has 2 saturated heterocycles. The van der Waals surface area contributed by atoms with Gasteiger partial charge in [-0.3, -0.25) is 14.6 Å². The lowest BCUT2D eigenvalue weighted by atomic mass is 9.95. The van der Waals surface area contributed by atoms with Crippen molar-refractivity contribution in [1.29, 1.82) is 0 Å². The van der Waals surface area contributed by atoms with Crippen LogP contribution in [0.25, 0.3) is 0 Å². The SMILES string of the molecule is O=C(O)C(F)(F)F.O=C(c1ccncc1)N1CC[C@@H]2[C@H]1CCC(=O)N2c1ccccc1. The molecule has 1 N–H and O–H groups in total. The second-order valence-electron chi connectivity index (χ2n) is 7.10. The molecule has 2 atom stereocenters. The Labute approximate surface area is 176 Å². The molecular weight excluding hydrogens is 415 g/mol. The van der Waals surface area contributed by atoms with Crippen molar-refractivity contribution in [1.82, 2.24) is 9.88 Å². The molecule has 2 aliphatic heterocycles. The Morgan fingerprint density at radius 2 is 1.61 bits per heavy atom. The number of aliphatic carboxylic acids is 1. The molecule has 0 bridgehead atoms. The standard InChI is InChI=1S/C19H19N3O2.C2HF3O2/c23-18-7-6-16-17(22(18)15-4-2-1-3-5-15)10-13-21(16)19(24)14-8-11-20-12-9-14;3-2(4,5)1(6)7/h1-5,8-9,11-12,16-17H,6-7,10,13H2;(H,6,7)/t16-,17-;/m1./s1. The number of likely N-dealkylation sites (tertiary alicyclic amines) is 1. The van der Waals surface area contributed by atoms with E-state index in [0.29, 0.717) is 18.5 Å². The van der Waals surface area contributed by atoms with Gasteiger partial charge in [0.25, 0.3) is 5.91 Å². The number of halogens is 3. The van der Waals surface area contributed by atoms with E-state index in [-0.39, 0.29) is 23.9 Å². The number of aromatic nitrogens is 1. The van der Waals surface area contributed by atoms with E-state index in [2.05, 4.69) is 4.98 Å². The van der Waals surface area contributed by atoms with Gasteiger partial charge in [-0.05, 0) is 37.1 Å².